The predicted molar refractivity (Wildman–Crippen MR) is 72.4 cm³/mol. The minimum Gasteiger partial charge on any atom is -0.480 e. The molecule has 0 spiro atoms. The van der Waals surface area contributed by atoms with Gasteiger partial charge in [-0.25, -0.2) is 4.79 Å². The molecular weight excluding hydrogens is 300 g/mol. The van der Waals surface area contributed by atoms with Crippen LogP contribution in [-0.2, 0) is 4.79 Å². The third-order valence-electron chi connectivity index (χ3n) is 2.70. The summed E-state index contributed by atoms with van der Waals surface area (Å²) in [5.74, 6) is -1.42. The third kappa shape index (κ3) is 3.01. The number of carboxylic acid groups (broad SMARTS) is 1. The maximum Gasteiger partial charge on any atom is 0.326 e. The first kappa shape index (κ1) is 14.5. The van der Waals surface area contributed by atoms with Gasteiger partial charge in [-0.15, -0.1) is 0 Å². The Kier molecular flexibility index (Phi) is 4.72. The average molecular weight is 315 g/mol. The molecule has 5 nitrogen and oxygen atoms in total. The third-order valence-corrected chi connectivity index (χ3v) is 3.20. The second-order valence-corrected chi connectivity index (χ2v) is 4.83. The number of halogens is 1. The van der Waals surface area contributed by atoms with Crippen LogP contribution in [0.25, 0.3) is 0 Å². The Balaban J connectivity index is 3.02. The van der Waals surface area contributed by atoms with Crippen molar-refractivity contribution in [3.8, 4) is 0 Å². The summed E-state index contributed by atoms with van der Waals surface area (Å²) in [4.78, 5) is 24.4. The maximum atomic E-state index is 12.1. The topological polar surface area (TPSA) is 83.6 Å². The number of nitrogens with two attached hydrogens (primary N) is 1. The number of carboxylic acids is 1. The van der Waals surface area contributed by atoms with E-state index >= 15 is 0 Å². The molecule has 0 aliphatic heterocycles. The fraction of sp³-hybridized carbons (Fsp3) is 0.333. The molecule has 1 amide bonds. The van der Waals surface area contributed by atoms with Crippen LogP contribution in [0.3, 0.4) is 0 Å². The minimum absolute atomic E-state index is 0.306. The fourth-order valence-corrected chi connectivity index (χ4v) is 2.05. The van der Waals surface area contributed by atoms with Crippen molar-refractivity contribution in [3.63, 3.8) is 0 Å². The molecule has 18 heavy (non-hydrogen) atoms. The van der Waals surface area contributed by atoms with Crippen molar-refractivity contribution >= 4 is 33.5 Å². The van der Waals surface area contributed by atoms with Gasteiger partial charge in [0.15, 0.2) is 0 Å². The Bertz CT molecular complexity index is 476. The number of aliphatic carboxylic acids is 1. The van der Waals surface area contributed by atoms with E-state index in [0.29, 0.717) is 17.7 Å². The Morgan fingerprint density at radius 2 is 2.11 bits per heavy atom. The second-order valence-electron chi connectivity index (χ2n) is 3.91. The summed E-state index contributed by atoms with van der Waals surface area (Å²) >= 11 is 3.25. The van der Waals surface area contributed by atoms with E-state index in [4.69, 9.17) is 10.8 Å². The molecule has 0 aromatic heterocycles. The Labute approximate surface area is 114 Å². The van der Waals surface area contributed by atoms with E-state index in [0.717, 1.165) is 4.47 Å². The zero-order valence-electron chi connectivity index (χ0n) is 10.2. The number of nitrogen functional groups attached to an aromatic ring is 1. The van der Waals surface area contributed by atoms with E-state index in [2.05, 4.69) is 15.9 Å². The molecule has 0 aliphatic rings. The van der Waals surface area contributed by atoms with Crippen LogP contribution in [0.15, 0.2) is 22.7 Å². The average Bonchev–Trinajstić information content (AvgIpc) is 2.28. The smallest absolute Gasteiger partial charge is 0.326 e. The molecule has 98 valence electrons. The molecular formula is C12H15BrN2O3. The molecule has 1 aromatic rings. The highest BCUT2D eigenvalue weighted by atomic mass is 79.9. The van der Waals surface area contributed by atoms with E-state index in [1.165, 1.54) is 11.9 Å². The van der Waals surface area contributed by atoms with Crippen LogP contribution in [0.5, 0.6) is 0 Å². The standard InChI is InChI=1S/C12H15BrN2O3/c1-3-10(12(17)18)15(2)11(16)8-5-4-7(13)6-9(8)14/h4-6,10H,3,14H2,1-2H3,(H,17,18). The molecule has 0 saturated carbocycles. The summed E-state index contributed by atoms with van der Waals surface area (Å²) in [5, 5.41) is 9.02. The van der Waals surface area contributed by atoms with Gasteiger partial charge in [0.25, 0.3) is 5.91 Å². The number of likely N-dealkylation sites (N-methyl/N-ethyl adjacent to an activating group) is 1. The van der Waals surface area contributed by atoms with Gasteiger partial charge in [-0.2, -0.15) is 0 Å². The molecule has 1 unspecified atom stereocenters. The highest BCUT2D eigenvalue weighted by molar-refractivity contribution is 9.10. The molecule has 0 fully saturated rings. The molecule has 0 bridgehead atoms. The van der Waals surface area contributed by atoms with Gasteiger partial charge in [-0.05, 0) is 24.6 Å². The van der Waals surface area contributed by atoms with Crippen molar-refractivity contribution in [2.45, 2.75) is 19.4 Å². The lowest BCUT2D eigenvalue weighted by atomic mass is 10.1. The highest BCUT2D eigenvalue weighted by Crippen LogP contribution is 2.20. The summed E-state index contributed by atoms with van der Waals surface area (Å²) in [7, 11) is 1.46. The number of hydrogen-bond donors (Lipinski definition) is 2. The quantitative estimate of drug-likeness (QED) is 0.832. The van der Waals surface area contributed by atoms with Gasteiger partial charge in [0.1, 0.15) is 6.04 Å². The lowest BCUT2D eigenvalue weighted by Crippen LogP contribution is -2.42. The van der Waals surface area contributed by atoms with Gasteiger partial charge in [0.2, 0.25) is 0 Å². The lowest BCUT2D eigenvalue weighted by Gasteiger charge is -2.24. The van der Waals surface area contributed by atoms with Crippen molar-refractivity contribution in [1.82, 2.24) is 4.90 Å². The van der Waals surface area contributed by atoms with Crippen LogP contribution in [-0.4, -0.2) is 35.0 Å². The number of nitrogens with zero attached hydrogens (tertiary/aromatic N) is 1. The van der Waals surface area contributed by atoms with Crippen molar-refractivity contribution in [1.29, 1.82) is 0 Å². The van der Waals surface area contributed by atoms with Gasteiger partial charge < -0.3 is 15.7 Å². The summed E-state index contributed by atoms with van der Waals surface area (Å²) in [6.07, 6.45) is 0.341. The first-order chi connectivity index (χ1) is 8.38. The summed E-state index contributed by atoms with van der Waals surface area (Å²) in [5.41, 5.74) is 6.38. The van der Waals surface area contributed by atoms with E-state index in [-0.39, 0.29) is 0 Å². The van der Waals surface area contributed by atoms with Crippen LogP contribution in [0.1, 0.15) is 23.7 Å². The second kappa shape index (κ2) is 5.86. The Morgan fingerprint density at radius 3 is 2.56 bits per heavy atom. The predicted octanol–water partition coefficient (Wildman–Crippen LogP) is 1.97. The normalized spacial score (nSPS) is 11.9. The van der Waals surface area contributed by atoms with Crippen molar-refractivity contribution in [3.05, 3.63) is 28.2 Å². The molecule has 1 aromatic carbocycles. The number of rotatable bonds is 4. The Hall–Kier alpha value is -1.56. The lowest BCUT2D eigenvalue weighted by molar-refractivity contribution is -0.142. The number of carbonyl (C=O) groups is 2. The highest BCUT2D eigenvalue weighted by Gasteiger charge is 2.26. The van der Waals surface area contributed by atoms with Crippen molar-refractivity contribution < 1.29 is 14.7 Å². The van der Waals surface area contributed by atoms with Gasteiger partial charge in [0.05, 0.1) is 5.56 Å². The van der Waals surface area contributed by atoms with Crippen molar-refractivity contribution in [2.75, 3.05) is 12.8 Å². The zero-order chi connectivity index (χ0) is 13.9. The van der Waals surface area contributed by atoms with Gasteiger partial charge in [0, 0.05) is 17.2 Å². The summed E-state index contributed by atoms with van der Waals surface area (Å²) in [6, 6.07) is 4.04. The number of benzene rings is 1. The van der Waals surface area contributed by atoms with Crippen LogP contribution in [0.2, 0.25) is 0 Å². The van der Waals surface area contributed by atoms with Crippen LogP contribution in [0, 0.1) is 0 Å². The molecule has 0 heterocycles. The number of anilines is 1. The molecule has 1 atom stereocenters. The van der Waals surface area contributed by atoms with Gasteiger partial charge >= 0.3 is 5.97 Å². The molecule has 3 N–H and O–H groups in total. The molecule has 0 aliphatic carbocycles. The van der Waals surface area contributed by atoms with Gasteiger partial charge in [-0.1, -0.05) is 22.9 Å². The van der Waals surface area contributed by atoms with E-state index in [9.17, 15) is 9.59 Å². The van der Waals surface area contributed by atoms with Crippen molar-refractivity contribution in [2.24, 2.45) is 0 Å². The number of hydrogen-bond acceptors (Lipinski definition) is 3. The van der Waals surface area contributed by atoms with Crippen LogP contribution < -0.4 is 5.73 Å². The maximum absolute atomic E-state index is 12.1. The number of carbonyl (C=O) groups excluding carboxylic acids is 1. The largest absolute Gasteiger partial charge is 0.480 e. The summed E-state index contributed by atoms with van der Waals surface area (Å²) in [6.45, 7) is 1.72. The fourth-order valence-electron chi connectivity index (χ4n) is 1.67. The first-order valence-corrected chi connectivity index (χ1v) is 6.22. The van der Waals surface area contributed by atoms with Gasteiger partial charge in [-0.3, -0.25) is 4.79 Å². The monoisotopic (exact) mass is 314 g/mol. The van der Waals surface area contributed by atoms with Crippen LogP contribution in [0.4, 0.5) is 5.69 Å². The molecule has 6 heteroatoms. The molecule has 1 rings (SSSR count). The number of amides is 1. The van der Waals surface area contributed by atoms with Crippen LogP contribution >= 0.6 is 15.9 Å². The van der Waals surface area contributed by atoms with E-state index in [1.54, 1.807) is 25.1 Å². The SMILES string of the molecule is CCC(C(=O)O)N(C)C(=O)c1ccc(Br)cc1N. The Morgan fingerprint density at radius 1 is 1.50 bits per heavy atom. The molecule has 0 radical (unpaired) electrons. The molecule has 0 saturated heterocycles. The van der Waals surface area contributed by atoms with E-state index < -0.39 is 17.9 Å². The zero-order valence-corrected chi connectivity index (χ0v) is 11.8. The van der Waals surface area contributed by atoms with E-state index in [1.807, 2.05) is 0 Å². The minimum atomic E-state index is -1.02. The first-order valence-electron chi connectivity index (χ1n) is 5.43. The summed E-state index contributed by atoms with van der Waals surface area (Å²) < 4.78 is 0.768.